The number of nitrogens with one attached hydrogen (secondary N) is 1. The number of aromatic nitrogens is 2. The molecular weight excluding hydrogens is 226 g/mol. The molecule has 0 saturated carbocycles. The molecule has 0 spiro atoms. The summed E-state index contributed by atoms with van der Waals surface area (Å²) in [5.74, 6) is 0. The first-order chi connectivity index (χ1) is 8.78. The molecule has 1 N–H and O–H groups in total. The molecule has 1 aromatic rings. The van der Waals surface area contributed by atoms with Gasteiger partial charge in [0.25, 0.3) is 0 Å². The van der Waals surface area contributed by atoms with Crippen LogP contribution in [0, 0.1) is 0 Å². The number of hydrogen-bond donors (Lipinski definition) is 1. The summed E-state index contributed by atoms with van der Waals surface area (Å²) < 4.78 is 7.56. The van der Waals surface area contributed by atoms with Crippen LogP contribution in [0.15, 0.2) is 12.3 Å². The molecule has 1 saturated heterocycles. The first kappa shape index (κ1) is 13.6. The van der Waals surface area contributed by atoms with Gasteiger partial charge >= 0.3 is 0 Å². The van der Waals surface area contributed by atoms with Gasteiger partial charge in [-0.1, -0.05) is 6.92 Å². The SMILES string of the molecule is CCNC(CCC1CCCO1)Cc1ccn(C)n1. The van der Waals surface area contributed by atoms with E-state index in [1.807, 2.05) is 17.9 Å². The maximum Gasteiger partial charge on any atom is 0.0639 e. The van der Waals surface area contributed by atoms with E-state index in [9.17, 15) is 0 Å². The maximum atomic E-state index is 5.69. The molecule has 2 rings (SSSR count). The third kappa shape index (κ3) is 4.10. The molecule has 1 aliphatic rings. The molecule has 18 heavy (non-hydrogen) atoms. The van der Waals surface area contributed by atoms with Crippen LogP contribution < -0.4 is 5.32 Å². The molecule has 102 valence electrons. The van der Waals surface area contributed by atoms with E-state index in [0.29, 0.717) is 12.1 Å². The highest BCUT2D eigenvalue weighted by molar-refractivity contribution is 5.01. The number of nitrogens with zero attached hydrogens (tertiary/aromatic N) is 2. The number of likely N-dealkylation sites (N-methyl/N-ethyl adjacent to an activating group) is 1. The van der Waals surface area contributed by atoms with Gasteiger partial charge in [0.05, 0.1) is 11.8 Å². The average Bonchev–Trinajstić information content (AvgIpc) is 2.98. The zero-order chi connectivity index (χ0) is 12.8. The molecule has 0 radical (unpaired) electrons. The van der Waals surface area contributed by atoms with Crippen molar-refractivity contribution in [2.45, 2.75) is 51.2 Å². The lowest BCUT2D eigenvalue weighted by atomic mass is 10.0. The molecule has 4 nitrogen and oxygen atoms in total. The van der Waals surface area contributed by atoms with Crippen molar-refractivity contribution in [1.29, 1.82) is 0 Å². The molecule has 2 atom stereocenters. The lowest BCUT2D eigenvalue weighted by molar-refractivity contribution is 0.0996. The van der Waals surface area contributed by atoms with E-state index >= 15 is 0 Å². The van der Waals surface area contributed by atoms with Crippen LogP contribution in [0.1, 0.15) is 38.3 Å². The molecule has 2 heterocycles. The van der Waals surface area contributed by atoms with Crippen molar-refractivity contribution in [2.75, 3.05) is 13.2 Å². The maximum absolute atomic E-state index is 5.69. The van der Waals surface area contributed by atoms with E-state index in [1.165, 1.54) is 31.4 Å². The Morgan fingerprint density at radius 1 is 1.61 bits per heavy atom. The van der Waals surface area contributed by atoms with Gasteiger partial charge in [0.1, 0.15) is 0 Å². The van der Waals surface area contributed by atoms with Crippen LogP contribution >= 0.6 is 0 Å². The third-order valence-corrected chi connectivity index (χ3v) is 3.58. The zero-order valence-corrected chi connectivity index (χ0v) is 11.6. The molecular formula is C14H25N3O. The lowest BCUT2D eigenvalue weighted by Gasteiger charge is -2.18. The molecule has 4 heteroatoms. The quantitative estimate of drug-likeness (QED) is 0.804. The number of hydrogen-bond acceptors (Lipinski definition) is 3. The summed E-state index contributed by atoms with van der Waals surface area (Å²) in [6, 6.07) is 2.63. The fourth-order valence-electron chi connectivity index (χ4n) is 2.65. The Bertz CT molecular complexity index is 345. The summed E-state index contributed by atoms with van der Waals surface area (Å²) in [4.78, 5) is 0. The lowest BCUT2D eigenvalue weighted by Crippen LogP contribution is -2.32. The van der Waals surface area contributed by atoms with Crippen LogP contribution in [-0.4, -0.2) is 35.1 Å². The van der Waals surface area contributed by atoms with Gasteiger partial charge in [-0.05, 0) is 38.3 Å². The largest absolute Gasteiger partial charge is 0.378 e. The van der Waals surface area contributed by atoms with Crippen molar-refractivity contribution < 1.29 is 4.74 Å². The summed E-state index contributed by atoms with van der Waals surface area (Å²) in [5.41, 5.74) is 1.18. The van der Waals surface area contributed by atoms with Crippen LogP contribution in [0.3, 0.4) is 0 Å². The second-order valence-corrected chi connectivity index (χ2v) is 5.15. The Morgan fingerprint density at radius 2 is 2.50 bits per heavy atom. The smallest absolute Gasteiger partial charge is 0.0639 e. The first-order valence-corrected chi connectivity index (χ1v) is 7.11. The monoisotopic (exact) mass is 251 g/mol. The average molecular weight is 251 g/mol. The van der Waals surface area contributed by atoms with E-state index in [1.54, 1.807) is 0 Å². The minimum absolute atomic E-state index is 0.495. The van der Waals surface area contributed by atoms with Crippen molar-refractivity contribution in [1.82, 2.24) is 15.1 Å². The Kier molecular flexibility index (Phi) is 5.20. The van der Waals surface area contributed by atoms with E-state index in [0.717, 1.165) is 19.6 Å². The second kappa shape index (κ2) is 6.90. The predicted octanol–water partition coefficient (Wildman–Crippen LogP) is 1.90. The molecule has 0 aliphatic carbocycles. The Hall–Kier alpha value is -0.870. The zero-order valence-electron chi connectivity index (χ0n) is 11.6. The van der Waals surface area contributed by atoms with Crippen LogP contribution in [0.4, 0.5) is 0 Å². The summed E-state index contributed by atoms with van der Waals surface area (Å²) in [6.07, 6.45) is 8.34. The summed E-state index contributed by atoms with van der Waals surface area (Å²) >= 11 is 0. The van der Waals surface area contributed by atoms with Crippen molar-refractivity contribution in [3.63, 3.8) is 0 Å². The Morgan fingerprint density at radius 3 is 3.11 bits per heavy atom. The molecule has 0 amide bonds. The van der Waals surface area contributed by atoms with Crippen LogP contribution in [0.25, 0.3) is 0 Å². The van der Waals surface area contributed by atoms with E-state index in [-0.39, 0.29) is 0 Å². The Balaban J connectivity index is 1.79. The van der Waals surface area contributed by atoms with Gasteiger partial charge in [0.2, 0.25) is 0 Å². The van der Waals surface area contributed by atoms with Gasteiger partial charge < -0.3 is 10.1 Å². The van der Waals surface area contributed by atoms with Crippen molar-refractivity contribution in [3.8, 4) is 0 Å². The normalized spacial score (nSPS) is 21.3. The van der Waals surface area contributed by atoms with Crippen molar-refractivity contribution >= 4 is 0 Å². The predicted molar refractivity (Wildman–Crippen MR) is 72.6 cm³/mol. The van der Waals surface area contributed by atoms with Gasteiger partial charge in [0, 0.05) is 32.3 Å². The highest BCUT2D eigenvalue weighted by atomic mass is 16.5. The van der Waals surface area contributed by atoms with Gasteiger partial charge in [-0.3, -0.25) is 4.68 Å². The topological polar surface area (TPSA) is 39.1 Å². The fraction of sp³-hybridized carbons (Fsp3) is 0.786. The number of aryl methyl sites for hydroxylation is 1. The molecule has 2 unspecified atom stereocenters. The minimum atomic E-state index is 0.495. The first-order valence-electron chi connectivity index (χ1n) is 7.11. The fourth-order valence-corrected chi connectivity index (χ4v) is 2.65. The summed E-state index contributed by atoms with van der Waals surface area (Å²) in [7, 11) is 1.97. The third-order valence-electron chi connectivity index (χ3n) is 3.58. The van der Waals surface area contributed by atoms with E-state index < -0.39 is 0 Å². The summed E-state index contributed by atoms with van der Waals surface area (Å²) in [6.45, 7) is 4.14. The Labute approximate surface area is 110 Å². The highest BCUT2D eigenvalue weighted by Crippen LogP contribution is 2.18. The van der Waals surface area contributed by atoms with Crippen LogP contribution in [-0.2, 0) is 18.2 Å². The van der Waals surface area contributed by atoms with Gasteiger partial charge in [0.15, 0.2) is 0 Å². The molecule has 1 aliphatic heterocycles. The van der Waals surface area contributed by atoms with Gasteiger partial charge in [-0.25, -0.2) is 0 Å². The van der Waals surface area contributed by atoms with Crippen molar-refractivity contribution in [2.24, 2.45) is 7.05 Å². The molecule has 0 aromatic carbocycles. The second-order valence-electron chi connectivity index (χ2n) is 5.15. The number of rotatable bonds is 7. The number of ether oxygens (including phenoxy) is 1. The van der Waals surface area contributed by atoms with Gasteiger partial charge in [-0.15, -0.1) is 0 Å². The summed E-state index contributed by atoms with van der Waals surface area (Å²) in [5, 5.41) is 8.02. The molecule has 0 bridgehead atoms. The van der Waals surface area contributed by atoms with Crippen molar-refractivity contribution in [3.05, 3.63) is 18.0 Å². The van der Waals surface area contributed by atoms with Gasteiger partial charge in [-0.2, -0.15) is 5.10 Å². The van der Waals surface area contributed by atoms with E-state index in [2.05, 4.69) is 23.4 Å². The highest BCUT2D eigenvalue weighted by Gasteiger charge is 2.18. The molecule has 1 fully saturated rings. The molecule has 1 aromatic heterocycles. The standard InChI is InChI=1S/C14H25N3O/c1-3-15-12(6-7-14-5-4-10-18-14)11-13-8-9-17(2)16-13/h8-9,12,14-15H,3-7,10-11H2,1-2H3. The van der Waals surface area contributed by atoms with Crippen LogP contribution in [0.2, 0.25) is 0 Å². The van der Waals surface area contributed by atoms with E-state index in [4.69, 9.17) is 4.74 Å². The minimum Gasteiger partial charge on any atom is -0.378 e. The van der Waals surface area contributed by atoms with Crippen LogP contribution in [0.5, 0.6) is 0 Å².